The molecule has 1 N–H and O–H groups in total. The number of aliphatic hydroxyl groups excluding tert-OH is 1. The summed E-state index contributed by atoms with van der Waals surface area (Å²) in [6.07, 6.45) is -0.616. The average molecular weight is 297 g/mol. The normalized spacial score (nSPS) is 17.5. The summed E-state index contributed by atoms with van der Waals surface area (Å²) in [5, 5.41) is 10.5. The Balaban J connectivity index is 1.80. The van der Waals surface area contributed by atoms with Crippen molar-refractivity contribution in [2.75, 3.05) is 38.1 Å². The molecule has 2 heterocycles. The van der Waals surface area contributed by atoms with Gasteiger partial charge in [-0.25, -0.2) is 4.98 Å². The van der Waals surface area contributed by atoms with E-state index in [4.69, 9.17) is 4.98 Å². The van der Waals surface area contributed by atoms with Crippen molar-refractivity contribution in [1.82, 2.24) is 9.88 Å². The van der Waals surface area contributed by atoms with E-state index >= 15 is 0 Å². The minimum Gasteiger partial charge on any atom is -0.384 e. The van der Waals surface area contributed by atoms with E-state index in [-0.39, 0.29) is 0 Å². The van der Waals surface area contributed by atoms with E-state index in [1.165, 1.54) is 0 Å². The molecule has 1 aliphatic heterocycles. The highest BCUT2D eigenvalue weighted by Gasteiger charge is 2.18. The van der Waals surface area contributed by atoms with Gasteiger partial charge in [-0.2, -0.15) is 0 Å². The van der Waals surface area contributed by atoms with Crippen LogP contribution >= 0.6 is 0 Å². The highest BCUT2D eigenvalue weighted by molar-refractivity contribution is 5.44. The van der Waals surface area contributed by atoms with Crippen LogP contribution in [0.3, 0.4) is 0 Å². The fourth-order valence-electron chi connectivity index (χ4n) is 2.87. The van der Waals surface area contributed by atoms with Crippen LogP contribution in [0.25, 0.3) is 0 Å². The molecule has 0 saturated carbocycles. The van der Waals surface area contributed by atoms with Crippen molar-refractivity contribution in [2.24, 2.45) is 0 Å². The minimum absolute atomic E-state index is 0.616. The molecule has 0 spiro atoms. The summed E-state index contributed by atoms with van der Waals surface area (Å²) in [5.41, 5.74) is 2.68. The Hall–Kier alpha value is -1.91. The summed E-state index contributed by atoms with van der Waals surface area (Å²) >= 11 is 0. The first-order valence-corrected chi connectivity index (χ1v) is 7.79. The van der Waals surface area contributed by atoms with Crippen LogP contribution in [-0.4, -0.2) is 48.2 Å². The number of anilines is 1. The lowest BCUT2D eigenvalue weighted by atomic mass is 10.0. The zero-order valence-corrected chi connectivity index (χ0v) is 13.2. The van der Waals surface area contributed by atoms with E-state index in [9.17, 15) is 5.11 Å². The Bertz CT molecular complexity index is 621. The third kappa shape index (κ3) is 3.13. The maximum atomic E-state index is 10.5. The first-order chi connectivity index (χ1) is 10.6. The zero-order chi connectivity index (χ0) is 15.5. The first-order valence-electron chi connectivity index (χ1n) is 7.79. The second-order valence-corrected chi connectivity index (χ2v) is 5.95. The molecule has 0 amide bonds. The number of aryl methyl sites for hydroxylation is 1. The van der Waals surface area contributed by atoms with E-state index in [0.29, 0.717) is 0 Å². The van der Waals surface area contributed by atoms with Crippen molar-refractivity contribution in [2.45, 2.75) is 13.0 Å². The van der Waals surface area contributed by atoms with Crippen molar-refractivity contribution in [3.05, 3.63) is 59.3 Å². The third-order valence-corrected chi connectivity index (χ3v) is 4.35. The molecule has 1 fully saturated rings. The number of rotatable bonds is 3. The monoisotopic (exact) mass is 297 g/mol. The molecule has 0 aliphatic carbocycles. The Morgan fingerprint density at radius 3 is 2.32 bits per heavy atom. The third-order valence-electron chi connectivity index (χ3n) is 4.35. The highest BCUT2D eigenvalue weighted by atomic mass is 16.3. The van der Waals surface area contributed by atoms with Gasteiger partial charge in [0.1, 0.15) is 11.9 Å². The number of hydrogen-bond donors (Lipinski definition) is 1. The number of nitrogens with zero attached hydrogens (tertiary/aromatic N) is 3. The maximum absolute atomic E-state index is 10.5. The number of benzene rings is 1. The standard InChI is InChI=1S/C18H23N3O/c1-14-16(18(22)15-6-4-3-5-7-15)8-9-17(19-14)21-12-10-20(2)11-13-21/h3-9,18,22H,10-13H2,1-2H3/t18-/m1/s1. The second kappa shape index (κ2) is 6.46. The second-order valence-electron chi connectivity index (χ2n) is 5.95. The smallest absolute Gasteiger partial charge is 0.128 e. The Labute approximate surface area is 132 Å². The summed E-state index contributed by atoms with van der Waals surface area (Å²) in [5.74, 6) is 1.01. The van der Waals surface area contributed by atoms with Crippen LogP contribution in [0.2, 0.25) is 0 Å². The van der Waals surface area contributed by atoms with Gasteiger partial charge in [0, 0.05) is 37.4 Å². The summed E-state index contributed by atoms with van der Waals surface area (Å²) in [6, 6.07) is 13.8. The van der Waals surface area contributed by atoms with Crippen LogP contribution in [0.5, 0.6) is 0 Å². The SMILES string of the molecule is Cc1nc(N2CCN(C)CC2)ccc1[C@H](O)c1ccccc1. The molecule has 22 heavy (non-hydrogen) atoms. The molecule has 1 atom stereocenters. The lowest BCUT2D eigenvalue weighted by Gasteiger charge is -2.33. The van der Waals surface area contributed by atoms with Crippen molar-refractivity contribution in [1.29, 1.82) is 0 Å². The van der Waals surface area contributed by atoms with Crippen LogP contribution in [0, 0.1) is 6.92 Å². The number of likely N-dealkylation sites (N-methyl/N-ethyl adjacent to an activating group) is 1. The van der Waals surface area contributed by atoms with Gasteiger partial charge in [-0.05, 0) is 25.6 Å². The number of hydrogen-bond acceptors (Lipinski definition) is 4. The lowest BCUT2D eigenvalue weighted by molar-refractivity contribution is 0.219. The van der Waals surface area contributed by atoms with Gasteiger partial charge in [0.25, 0.3) is 0 Å². The molecule has 1 aliphatic rings. The molecular weight excluding hydrogens is 274 g/mol. The molecule has 3 rings (SSSR count). The average Bonchev–Trinajstić information content (AvgIpc) is 2.56. The number of aliphatic hydroxyl groups is 1. The quantitative estimate of drug-likeness (QED) is 0.943. The van der Waals surface area contributed by atoms with Gasteiger partial charge < -0.3 is 14.9 Å². The topological polar surface area (TPSA) is 39.6 Å². The van der Waals surface area contributed by atoms with Gasteiger partial charge in [0.15, 0.2) is 0 Å². The number of piperazine rings is 1. The fourth-order valence-corrected chi connectivity index (χ4v) is 2.87. The number of aromatic nitrogens is 1. The maximum Gasteiger partial charge on any atom is 0.128 e. The van der Waals surface area contributed by atoms with E-state index in [0.717, 1.165) is 48.8 Å². The van der Waals surface area contributed by atoms with Crippen LogP contribution in [0.4, 0.5) is 5.82 Å². The van der Waals surface area contributed by atoms with E-state index in [1.807, 2.05) is 49.4 Å². The lowest BCUT2D eigenvalue weighted by Crippen LogP contribution is -2.44. The first kappa shape index (κ1) is 15.0. The van der Waals surface area contributed by atoms with Gasteiger partial charge in [-0.1, -0.05) is 36.4 Å². The predicted molar refractivity (Wildman–Crippen MR) is 89.2 cm³/mol. The van der Waals surface area contributed by atoms with Crippen molar-refractivity contribution in [3.8, 4) is 0 Å². The fraction of sp³-hybridized carbons (Fsp3) is 0.389. The molecule has 1 saturated heterocycles. The summed E-state index contributed by atoms with van der Waals surface area (Å²) < 4.78 is 0. The van der Waals surface area contributed by atoms with Gasteiger partial charge >= 0.3 is 0 Å². The Morgan fingerprint density at radius 1 is 1.00 bits per heavy atom. The van der Waals surface area contributed by atoms with Crippen LogP contribution < -0.4 is 4.90 Å². The summed E-state index contributed by atoms with van der Waals surface area (Å²) in [7, 11) is 2.15. The van der Waals surface area contributed by atoms with Gasteiger partial charge in [-0.3, -0.25) is 0 Å². The molecule has 4 nitrogen and oxygen atoms in total. The predicted octanol–water partition coefficient (Wildman–Crippen LogP) is 2.22. The summed E-state index contributed by atoms with van der Waals surface area (Å²) in [6.45, 7) is 6.11. The number of pyridine rings is 1. The van der Waals surface area contributed by atoms with Crippen molar-refractivity contribution < 1.29 is 5.11 Å². The van der Waals surface area contributed by atoms with Crippen LogP contribution in [-0.2, 0) is 0 Å². The molecule has 0 radical (unpaired) electrons. The highest BCUT2D eigenvalue weighted by Crippen LogP contribution is 2.26. The van der Waals surface area contributed by atoms with Crippen molar-refractivity contribution in [3.63, 3.8) is 0 Å². The van der Waals surface area contributed by atoms with E-state index in [1.54, 1.807) is 0 Å². The molecular formula is C18H23N3O. The van der Waals surface area contributed by atoms with E-state index in [2.05, 4.69) is 16.8 Å². The van der Waals surface area contributed by atoms with Gasteiger partial charge in [0.2, 0.25) is 0 Å². The Morgan fingerprint density at radius 2 is 1.68 bits per heavy atom. The van der Waals surface area contributed by atoms with Crippen LogP contribution in [0.1, 0.15) is 22.9 Å². The van der Waals surface area contributed by atoms with Crippen LogP contribution in [0.15, 0.2) is 42.5 Å². The molecule has 1 aromatic carbocycles. The molecule has 0 unspecified atom stereocenters. The molecule has 0 bridgehead atoms. The Kier molecular flexibility index (Phi) is 4.41. The molecule has 1 aromatic heterocycles. The minimum atomic E-state index is -0.616. The van der Waals surface area contributed by atoms with Crippen molar-refractivity contribution >= 4 is 5.82 Å². The molecule has 4 heteroatoms. The zero-order valence-electron chi connectivity index (χ0n) is 13.2. The van der Waals surface area contributed by atoms with E-state index < -0.39 is 6.10 Å². The largest absolute Gasteiger partial charge is 0.384 e. The van der Waals surface area contributed by atoms with Gasteiger partial charge in [0.05, 0.1) is 0 Å². The molecule has 2 aromatic rings. The van der Waals surface area contributed by atoms with Gasteiger partial charge in [-0.15, -0.1) is 0 Å². The molecule has 116 valence electrons. The summed E-state index contributed by atoms with van der Waals surface area (Å²) in [4.78, 5) is 9.36.